The number of nitro benzene ring substituents is 1. The van der Waals surface area contributed by atoms with Crippen molar-refractivity contribution >= 4 is 45.3 Å². The van der Waals surface area contributed by atoms with Gasteiger partial charge in [0.25, 0.3) is 11.6 Å². The summed E-state index contributed by atoms with van der Waals surface area (Å²) < 4.78 is 1.51. The highest BCUT2D eigenvalue weighted by Gasteiger charge is 2.30. The quantitative estimate of drug-likeness (QED) is 0.260. The third-order valence-electron chi connectivity index (χ3n) is 5.44. The normalized spacial score (nSPS) is 14.2. The Hall–Kier alpha value is -4.66. The van der Waals surface area contributed by atoms with Crippen molar-refractivity contribution in [2.75, 3.05) is 10.6 Å². The van der Waals surface area contributed by atoms with Gasteiger partial charge in [-0.25, -0.2) is 4.79 Å². The molecule has 0 radical (unpaired) electrons. The lowest BCUT2D eigenvalue weighted by atomic mass is 9.99. The minimum atomic E-state index is -0.490. The Balaban J connectivity index is 1.70. The first-order valence-electron chi connectivity index (χ1n) is 9.78. The van der Waals surface area contributed by atoms with E-state index in [1.54, 1.807) is 25.2 Å². The molecule has 4 aromatic rings. The van der Waals surface area contributed by atoms with Crippen LogP contribution in [0.2, 0.25) is 0 Å². The number of amides is 1. The van der Waals surface area contributed by atoms with Gasteiger partial charge in [-0.3, -0.25) is 19.5 Å². The number of anilines is 2. The van der Waals surface area contributed by atoms with Crippen molar-refractivity contribution in [2.24, 2.45) is 7.05 Å². The highest BCUT2D eigenvalue weighted by Crippen LogP contribution is 2.39. The number of carbonyl (C=O) groups is 1. The summed E-state index contributed by atoms with van der Waals surface area (Å²) in [5.41, 5.74) is 4.20. The Morgan fingerprint density at radius 3 is 2.56 bits per heavy atom. The second-order valence-corrected chi connectivity index (χ2v) is 7.40. The van der Waals surface area contributed by atoms with Gasteiger partial charge in [-0.15, -0.1) is 0 Å². The first-order valence-corrected chi connectivity index (χ1v) is 9.78. The molecule has 9 nitrogen and oxygen atoms in total. The highest BCUT2D eigenvalue weighted by atomic mass is 16.6. The average molecular weight is 427 g/mol. The van der Waals surface area contributed by atoms with Crippen LogP contribution in [0.5, 0.6) is 0 Å². The van der Waals surface area contributed by atoms with Crippen molar-refractivity contribution in [1.82, 2.24) is 9.55 Å². The summed E-state index contributed by atoms with van der Waals surface area (Å²) >= 11 is 0. The molecule has 1 amide bonds. The summed E-state index contributed by atoms with van der Waals surface area (Å²) in [6.45, 7) is 0. The van der Waals surface area contributed by atoms with Crippen LogP contribution in [0.3, 0.4) is 0 Å². The van der Waals surface area contributed by atoms with Crippen LogP contribution >= 0.6 is 0 Å². The number of aryl methyl sites for hydroxylation is 1. The van der Waals surface area contributed by atoms with Crippen molar-refractivity contribution < 1.29 is 9.72 Å². The second-order valence-electron chi connectivity index (χ2n) is 7.40. The maximum absolute atomic E-state index is 12.9. The van der Waals surface area contributed by atoms with E-state index in [0.717, 1.165) is 11.1 Å². The number of imidazole rings is 1. The van der Waals surface area contributed by atoms with E-state index in [-0.39, 0.29) is 17.3 Å². The average Bonchev–Trinajstić information content (AvgIpc) is 3.26. The zero-order valence-corrected chi connectivity index (χ0v) is 16.9. The first-order chi connectivity index (χ1) is 15.4. The summed E-state index contributed by atoms with van der Waals surface area (Å²) in [6.07, 6.45) is 0. The van der Waals surface area contributed by atoms with Gasteiger partial charge in [0.2, 0.25) is 0 Å². The fraction of sp³-hybridized carbons (Fsp3) is 0.0435. The third-order valence-corrected chi connectivity index (χ3v) is 5.44. The summed E-state index contributed by atoms with van der Waals surface area (Å²) in [4.78, 5) is 38.5. The molecule has 0 aliphatic carbocycles. The van der Waals surface area contributed by atoms with Gasteiger partial charge in [0, 0.05) is 36.1 Å². The molecule has 32 heavy (non-hydrogen) atoms. The Morgan fingerprint density at radius 2 is 1.81 bits per heavy atom. The van der Waals surface area contributed by atoms with Gasteiger partial charge in [0.05, 0.1) is 27.2 Å². The van der Waals surface area contributed by atoms with E-state index in [9.17, 15) is 19.7 Å². The molecule has 0 saturated heterocycles. The van der Waals surface area contributed by atoms with Crippen molar-refractivity contribution in [3.8, 4) is 0 Å². The molecule has 0 bridgehead atoms. The number of non-ortho nitro benzene ring substituents is 1. The lowest BCUT2D eigenvalue weighted by Crippen LogP contribution is -2.11. The summed E-state index contributed by atoms with van der Waals surface area (Å²) in [7, 11) is 1.68. The Labute approximate surface area is 181 Å². The van der Waals surface area contributed by atoms with Crippen molar-refractivity contribution in [1.29, 1.82) is 0 Å². The fourth-order valence-electron chi connectivity index (χ4n) is 3.86. The Bertz CT molecular complexity index is 1500. The topological polar surface area (TPSA) is 122 Å². The predicted molar refractivity (Wildman–Crippen MR) is 122 cm³/mol. The lowest BCUT2D eigenvalue weighted by Gasteiger charge is -2.15. The van der Waals surface area contributed by atoms with Crippen LogP contribution in [0.25, 0.3) is 22.3 Å². The minimum absolute atomic E-state index is 0.103. The second kappa shape index (κ2) is 7.24. The van der Waals surface area contributed by atoms with Gasteiger partial charge in [0.1, 0.15) is 0 Å². The maximum atomic E-state index is 12.9. The molecule has 0 saturated carbocycles. The molecule has 2 heterocycles. The van der Waals surface area contributed by atoms with Gasteiger partial charge >= 0.3 is 5.69 Å². The number of hydrogen-bond acceptors (Lipinski definition) is 5. The van der Waals surface area contributed by atoms with Crippen LogP contribution < -0.4 is 16.3 Å². The van der Waals surface area contributed by atoms with Crippen LogP contribution in [-0.4, -0.2) is 20.4 Å². The molecule has 3 N–H and O–H groups in total. The Kier molecular flexibility index (Phi) is 4.37. The van der Waals surface area contributed by atoms with E-state index in [1.165, 1.54) is 22.8 Å². The molecule has 0 spiro atoms. The van der Waals surface area contributed by atoms with E-state index in [1.807, 2.05) is 30.3 Å². The monoisotopic (exact) mass is 427 g/mol. The number of hydrogen-bond donors (Lipinski definition) is 3. The smallest absolute Gasteiger partial charge is 0.326 e. The van der Waals surface area contributed by atoms with E-state index >= 15 is 0 Å². The molecular weight excluding hydrogens is 410 g/mol. The molecule has 5 rings (SSSR count). The molecule has 0 unspecified atom stereocenters. The van der Waals surface area contributed by atoms with E-state index in [2.05, 4.69) is 15.6 Å². The summed E-state index contributed by atoms with van der Waals surface area (Å²) in [6, 6.07) is 18.9. The number of carbonyl (C=O) groups excluding carboxylic acids is 1. The number of fused-ring (bicyclic) bond motifs is 2. The van der Waals surface area contributed by atoms with Crippen LogP contribution in [0.1, 0.15) is 11.1 Å². The largest absolute Gasteiger partial charge is 0.354 e. The van der Waals surface area contributed by atoms with Gasteiger partial charge in [-0.1, -0.05) is 30.3 Å². The summed E-state index contributed by atoms with van der Waals surface area (Å²) in [5, 5.41) is 17.4. The van der Waals surface area contributed by atoms with Crippen LogP contribution in [0.4, 0.5) is 17.1 Å². The molecule has 1 aromatic heterocycles. The SMILES string of the molecule is Cn1c(=O)[nH]c2cc(NC(=C3C(=O)Nc4ccc([N+](=O)[O-])cc43)c3ccccc3)ccc21. The highest BCUT2D eigenvalue weighted by molar-refractivity contribution is 6.37. The Morgan fingerprint density at radius 1 is 1.03 bits per heavy atom. The number of benzene rings is 3. The van der Waals surface area contributed by atoms with Gasteiger partial charge < -0.3 is 15.6 Å². The number of nitro groups is 1. The molecule has 0 fully saturated rings. The molecule has 1 aliphatic heterocycles. The molecular formula is C23H17N5O4. The van der Waals surface area contributed by atoms with E-state index in [4.69, 9.17) is 0 Å². The first kappa shape index (κ1) is 19.3. The van der Waals surface area contributed by atoms with E-state index < -0.39 is 4.92 Å². The van der Waals surface area contributed by atoms with Gasteiger partial charge in [-0.2, -0.15) is 0 Å². The fourth-order valence-corrected chi connectivity index (χ4v) is 3.86. The standard InChI is InChI=1S/C23H17N5O4/c1-27-19-10-7-14(11-18(19)26-23(27)30)24-21(13-5-3-2-4-6-13)20-16-12-15(28(31)32)8-9-17(16)25-22(20)29/h2-12,24H,1H3,(H,25,29)(H,26,30). The molecule has 158 valence electrons. The van der Waals surface area contributed by atoms with Crippen molar-refractivity contribution in [3.63, 3.8) is 0 Å². The van der Waals surface area contributed by atoms with E-state index in [0.29, 0.717) is 33.7 Å². The zero-order chi connectivity index (χ0) is 22.4. The van der Waals surface area contributed by atoms with Crippen LogP contribution in [-0.2, 0) is 11.8 Å². The predicted octanol–water partition coefficient (Wildman–Crippen LogP) is 3.71. The summed E-state index contributed by atoms with van der Waals surface area (Å²) in [5.74, 6) is -0.360. The van der Waals surface area contributed by atoms with Gasteiger partial charge in [0.15, 0.2) is 0 Å². The molecule has 1 aliphatic rings. The van der Waals surface area contributed by atoms with Crippen molar-refractivity contribution in [3.05, 3.63) is 98.5 Å². The number of nitrogens with one attached hydrogen (secondary N) is 3. The van der Waals surface area contributed by atoms with Crippen LogP contribution in [0.15, 0.2) is 71.5 Å². The number of aromatic amines is 1. The van der Waals surface area contributed by atoms with Crippen molar-refractivity contribution in [2.45, 2.75) is 0 Å². The minimum Gasteiger partial charge on any atom is -0.354 e. The molecule has 9 heteroatoms. The number of H-pyrrole nitrogens is 1. The molecule has 0 atom stereocenters. The maximum Gasteiger partial charge on any atom is 0.326 e. The molecule has 3 aromatic carbocycles. The number of nitrogens with zero attached hydrogens (tertiary/aromatic N) is 2. The number of aromatic nitrogens is 2. The number of rotatable bonds is 4. The third kappa shape index (κ3) is 3.12. The van der Waals surface area contributed by atoms with Crippen LogP contribution in [0, 0.1) is 10.1 Å². The lowest BCUT2D eigenvalue weighted by molar-refractivity contribution is -0.384. The van der Waals surface area contributed by atoms with Gasteiger partial charge in [-0.05, 0) is 29.8 Å². The zero-order valence-electron chi connectivity index (χ0n) is 16.9.